The van der Waals surface area contributed by atoms with Gasteiger partial charge < -0.3 is 9.26 Å². The van der Waals surface area contributed by atoms with Crippen LogP contribution in [0.3, 0.4) is 0 Å². The Morgan fingerprint density at radius 3 is 2.69 bits per heavy atom. The standard InChI is InChI=1S/C19H15FN2O4/c1-13-19(22(23)24)18(26-21-13)11-10-14-6-3-5-9-17(14)25-12-15-7-2-4-8-16(15)20/h2-11H,12H2,1H3/b11-10-. The summed E-state index contributed by atoms with van der Waals surface area (Å²) >= 11 is 0. The van der Waals surface area contributed by atoms with Gasteiger partial charge in [-0.25, -0.2) is 4.39 Å². The first-order valence-corrected chi connectivity index (χ1v) is 7.80. The van der Waals surface area contributed by atoms with Crippen LogP contribution in [0.5, 0.6) is 5.75 Å². The number of benzene rings is 2. The molecule has 3 rings (SSSR count). The molecule has 0 spiro atoms. The zero-order valence-corrected chi connectivity index (χ0v) is 13.9. The van der Waals surface area contributed by atoms with E-state index in [0.717, 1.165) is 0 Å². The summed E-state index contributed by atoms with van der Waals surface area (Å²) in [5, 5.41) is 14.7. The minimum atomic E-state index is -0.536. The molecule has 0 aliphatic heterocycles. The van der Waals surface area contributed by atoms with Crippen molar-refractivity contribution in [1.29, 1.82) is 0 Å². The Kier molecular flexibility index (Phi) is 5.07. The van der Waals surface area contributed by atoms with E-state index >= 15 is 0 Å². The Bertz CT molecular complexity index is 966. The first kappa shape index (κ1) is 17.3. The summed E-state index contributed by atoms with van der Waals surface area (Å²) in [5.41, 5.74) is 1.14. The van der Waals surface area contributed by atoms with Crippen LogP contribution in [0.2, 0.25) is 0 Å². The van der Waals surface area contributed by atoms with Gasteiger partial charge in [0.2, 0.25) is 5.76 Å². The second kappa shape index (κ2) is 7.60. The van der Waals surface area contributed by atoms with Crippen molar-refractivity contribution in [3.8, 4) is 5.75 Å². The van der Waals surface area contributed by atoms with E-state index < -0.39 is 4.92 Å². The number of ether oxygens (including phenoxy) is 1. The first-order valence-electron chi connectivity index (χ1n) is 7.80. The van der Waals surface area contributed by atoms with Crippen LogP contribution in [0.15, 0.2) is 53.1 Å². The third-order valence-corrected chi connectivity index (χ3v) is 3.71. The molecule has 0 aliphatic carbocycles. The molecule has 7 heteroatoms. The minimum absolute atomic E-state index is 0.0522. The lowest BCUT2D eigenvalue weighted by atomic mass is 10.1. The Morgan fingerprint density at radius 2 is 1.92 bits per heavy atom. The molecule has 0 N–H and O–H groups in total. The lowest BCUT2D eigenvalue weighted by molar-refractivity contribution is -0.386. The van der Waals surface area contributed by atoms with Gasteiger partial charge >= 0.3 is 5.69 Å². The molecule has 0 saturated heterocycles. The van der Waals surface area contributed by atoms with Gasteiger partial charge in [-0.15, -0.1) is 0 Å². The Hall–Kier alpha value is -3.48. The molecule has 0 unspecified atom stereocenters. The summed E-state index contributed by atoms with van der Waals surface area (Å²) in [6.07, 6.45) is 3.09. The molecule has 26 heavy (non-hydrogen) atoms. The maximum absolute atomic E-state index is 13.7. The van der Waals surface area contributed by atoms with Crippen molar-refractivity contribution in [3.05, 3.63) is 87.0 Å². The molecule has 3 aromatic rings. The molecule has 0 radical (unpaired) electrons. The fraction of sp³-hybridized carbons (Fsp3) is 0.105. The van der Waals surface area contributed by atoms with Gasteiger partial charge in [-0.3, -0.25) is 10.1 Å². The van der Waals surface area contributed by atoms with Crippen LogP contribution in [0.4, 0.5) is 10.1 Å². The lowest BCUT2D eigenvalue weighted by Crippen LogP contribution is -1.99. The molecule has 0 aliphatic rings. The summed E-state index contributed by atoms with van der Waals surface area (Å²) in [6.45, 7) is 1.57. The van der Waals surface area contributed by atoms with Gasteiger partial charge in [-0.1, -0.05) is 41.6 Å². The van der Waals surface area contributed by atoms with Crippen LogP contribution in [0.25, 0.3) is 12.2 Å². The number of hydrogen-bond donors (Lipinski definition) is 0. The highest BCUT2D eigenvalue weighted by Crippen LogP contribution is 2.27. The summed E-state index contributed by atoms with van der Waals surface area (Å²) in [5.74, 6) is 0.232. The van der Waals surface area contributed by atoms with Crippen molar-refractivity contribution in [3.63, 3.8) is 0 Å². The maximum Gasteiger partial charge on any atom is 0.338 e. The molecule has 0 fully saturated rings. The summed E-state index contributed by atoms with van der Waals surface area (Å²) in [7, 11) is 0. The Labute approximate surface area is 148 Å². The third-order valence-electron chi connectivity index (χ3n) is 3.71. The molecule has 0 atom stereocenters. The number of halogens is 1. The zero-order valence-electron chi connectivity index (χ0n) is 13.9. The number of aromatic nitrogens is 1. The van der Waals surface area contributed by atoms with Gasteiger partial charge in [0.1, 0.15) is 18.2 Å². The van der Waals surface area contributed by atoms with Crippen molar-refractivity contribution in [2.45, 2.75) is 13.5 Å². The van der Waals surface area contributed by atoms with Crippen LogP contribution < -0.4 is 4.74 Å². The lowest BCUT2D eigenvalue weighted by Gasteiger charge is -2.09. The number of rotatable bonds is 6. The van der Waals surface area contributed by atoms with Crippen LogP contribution in [0.1, 0.15) is 22.6 Å². The molecule has 1 aromatic heterocycles. The highest BCUT2D eigenvalue weighted by Gasteiger charge is 2.22. The number of nitrogens with zero attached hydrogens (tertiary/aromatic N) is 2. The first-order chi connectivity index (χ1) is 12.6. The normalized spacial score (nSPS) is 11.0. The summed E-state index contributed by atoms with van der Waals surface area (Å²) in [6, 6.07) is 13.5. The Morgan fingerprint density at radius 1 is 1.19 bits per heavy atom. The molecule has 0 amide bonds. The van der Waals surface area contributed by atoms with Crippen LogP contribution in [0, 0.1) is 22.9 Å². The average Bonchev–Trinajstić information content (AvgIpc) is 3.01. The maximum atomic E-state index is 13.7. The van der Waals surface area contributed by atoms with Gasteiger partial charge in [-0.2, -0.15) is 0 Å². The van der Waals surface area contributed by atoms with Crippen molar-refractivity contribution >= 4 is 17.8 Å². The van der Waals surface area contributed by atoms with E-state index in [9.17, 15) is 14.5 Å². The fourth-order valence-electron chi connectivity index (χ4n) is 2.40. The predicted octanol–water partition coefficient (Wildman–Crippen LogP) is 4.78. The third kappa shape index (κ3) is 3.77. The topological polar surface area (TPSA) is 78.4 Å². The van der Waals surface area contributed by atoms with Crippen molar-refractivity contribution in [1.82, 2.24) is 5.16 Å². The second-order valence-corrected chi connectivity index (χ2v) is 5.49. The van der Waals surface area contributed by atoms with E-state index in [2.05, 4.69) is 5.16 Å². The fourth-order valence-corrected chi connectivity index (χ4v) is 2.40. The van der Waals surface area contributed by atoms with Gasteiger partial charge in [0.05, 0.1) is 4.92 Å². The highest BCUT2D eigenvalue weighted by molar-refractivity contribution is 5.74. The SMILES string of the molecule is Cc1noc(/C=C\c2ccccc2OCc2ccccc2F)c1[N+](=O)[O-]. The predicted molar refractivity (Wildman–Crippen MR) is 94.0 cm³/mol. The van der Waals surface area contributed by atoms with Gasteiger partial charge in [0.15, 0.2) is 5.69 Å². The molecule has 132 valence electrons. The Balaban J connectivity index is 1.82. The molecule has 0 saturated carbocycles. The highest BCUT2D eigenvalue weighted by atomic mass is 19.1. The van der Waals surface area contributed by atoms with E-state index in [-0.39, 0.29) is 29.6 Å². The summed E-state index contributed by atoms with van der Waals surface area (Å²) < 4.78 is 24.4. The van der Waals surface area contributed by atoms with E-state index in [0.29, 0.717) is 16.9 Å². The van der Waals surface area contributed by atoms with Crippen molar-refractivity contribution in [2.75, 3.05) is 0 Å². The second-order valence-electron chi connectivity index (χ2n) is 5.49. The van der Waals surface area contributed by atoms with Crippen molar-refractivity contribution in [2.24, 2.45) is 0 Å². The largest absolute Gasteiger partial charge is 0.488 e. The van der Waals surface area contributed by atoms with E-state index in [1.807, 2.05) is 0 Å². The van der Waals surface area contributed by atoms with E-state index in [1.165, 1.54) is 19.1 Å². The van der Waals surface area contributed by atoms with E-state index in [4.69, 9.17) is 9.26 Å². The smallest absolute Gasteiger partial charge is 0.338 e. The van der Waals surface area contributed by atoms with Gasteiger partial charge in [0.25, 0.3) is 0 Å². The number of hydrogen-bond acceptors (Lipinski definition) is 5. The quantitative estimate of drug-likeness (QED) is 0.470. The number of para-hydroxylation sites is 1. The van der Waals surface area contributed by atoms with Gasteiger partial charge in [-0.05, 0) is 31.2 Å². The zero-order chi connectivity index (χ0) is 18.5. The molecular weight excluding hydrogens is 339 g/mol. The van der Waals surface area contributed by atoms with Gasteiger partial charge in [0, 0.05) is 11.1 Å². The molecular formula is C19H15FN2O4. The monoisotopic (exact) mass is 354 g/mol. The molecule has 6 nitrogen and oxygen atoms in total. The van der Waals surface area contributed by atoms with Crippen LogP contribution in [-0.2, 0) is 6.61 Å². The molecule has 2 aromatic carbocycles. The van der Waals surface area contributed by atoms with Crippen molar-refractivity contribution < 1.29 is 18.6 Å². The molecule has 0 bridgehead atoms. The number of nitro groups is 1. The van der Waals surface area contributed by atoms with Crippen LogP contribution in [-0.4, -0.2) is 10.1 Å². The minimum Gasteiger partial charge on any atom is -0.488 e. The van der Waals surface area contributed by atoms with Crippen LogP contribution >= 0.6 is 0 Å². The molecule has 1 heterocycles. The average molecular weight is 354 g/mol. The van der Waals surface area contributed by atoms with E-state index in [1.54, 1.807) is 48.5 Å². The summed E-state index contributed by atoms with van der Waals surface area (Å²) in [4.78, 5) is 10.5. The number of aryl methyl sites for hydroxylation is 1.